The number of hydrogen-bond acceptors (Lipinski definition) is 11. The van der Waals surface area contributed by atoms with Crippen LogP contribution < -0.4 is 10.1 Å². The number of carbonyl (C=O) groups excluding carboxylic acids is 1. The van der Waals surface area contributed by atoms with Crippen molar-refractivity contribution < 1.29 is 34.3 Å². The minimum atomic E-state index is -1.70. The first-order valence-corrected chi connectivity index (χ1v) is 12.0. The molecule has 0 radical (unpaired) electrons. The average molecular weight is 537 g/mol. The minimum Gasteiger partial charge on any atom is -0.481 e. The van der Waals surface area contributed by atoms with Crippen molar-refractivity contribution in [1.29, 1.82) is 0 Å². The highest BCUT2D eigenvalue weighted by molar-refractivity contribution is 7.98. The fourth-order valence-electron chi connectivity index (χ4n) is 3.09. The fourth-order valence-corrected chi connectivity index (χ4v) is 3.45. The summed E-state index contributed by atoms with van der Waals surface area (Å²) < 4.78 is 5.80. The number of ether oxygens (including phenoxy) is 1. The molecule has 0 aliphatic heterocycles. The van der Waals surface area contributed by atoms with Crippen LogP contribution in [0.15, 0.2) is 23.4 Å². The predicted octanol–water partition coefficient (Wildman–Crippen LogP) is 2.04. The molecular formula is C22H28N6O8S. The van der Waals surface area contributed by atoms with Crippen LogP contribution in [-0.4, -0.2) is 99.8 Å². The van der Waals surface area contributed by atoms with E-state index >= 15 is 0 Å². The number of carboxylic acid groups (broad SMARTS) is 2. The van der Waals surface area contributed by atoms with Crippen molar-refractivity contribution in [3.05, 3.63) is 39.4 Å². The largest absolute Gasteiger partial charge is 0.481 e. The Balaban J connectivity index is 2.62. The van der Waals surface area contributed by atoms with Crippen molar-refractivity contribution in [2.24, 2.45) is 0 Å². The number of nitrogens with zero attached hydrogens (tertiary/aromatic N) is 5. The van der Waals surface area contributed by atoms with Crippen LogP contribution in [0.3, 0.4) is 0 Å². The van der Waals surface area contributed by atoms with Crippen LogP contribution >= 0.6 is 11.8 Å². The van der Waals surface area contributed by atoms with Gasteiger partial charge in [0, 0.05) is 26.2 Å². The van der Waals surface area contributed by atoms with Gasteiger partial charge in [0.1, 0.15) is 11.8 Å². The minimum absolute atomic E-state index is 0.0101. The van der Waals surface area contributed by atoms with Gasteiger partial charge in [0.15, 0.2) is 5.16 Å². The van der Waals surface area contributed by atoms with E-state index in [1.807, 2.05) is 19.0 Å². The lowest BCUT2D eigenvalue weighted by Crippen LogP contribution is -2.32. The van der Waals surface area contributed by atoms with Crippen molar-refractivity contribution in [2.75, 3.05) is 46.3 Å². The Bertz CT molecular complexity index is 1190. The molecule has 15 heteroatoms. The number of rotatable bonds is 13. The number of thioether (sulfide) groups is 1. The van der Waals surface area contributed by atoms with Crippen LogP contribution in [0, 0.1) is 10.1 Å². The lowest BCUT2D eigenvalue weighted by Gasteiger charge is -2.17. The fraction of sp³-hybridized carbons (Fsp3) is 0.409. The Kier molecular flexibility index (Phi) is 10.1. The number of aromatic nitrogens is 2. The monoisotopic (exact) mass is 536 g/mol. The van der Waals surface area contributed by atoms with Gasteiger partial charge in [-0.2, -0.15) is 9.97 Å². The highest BCUT2D eigenvalue weighted by Gasteiger charge is 2.31. The number of carbonyl (C=O) groups is 3. The molecule has 1 aromatic carbocycles. The van der Waals surface area contributed by atoms with Gasteiger partial charge in [-0.3, -0.25) is 19.7 Å². The van der Waals surface area contributed by atoms with Gasteiger partial charge >= 0.3 is 23.5 Å². The second kappa shape index (κ2) is 12.8. The molecule has 2 rings (SSSR count). The normalized spacial score (nSPS) is 11.6. The van der Waals surface area contributed by atoms with Crippen LogP contribution in [0.5, 0.6) is 11.6 Å². The molecule has 0 saturated heterocycles. The Labute approximate surface area is 216 Å². The number of aliphatic carboxylic acids is 2. The standard InChI is InChI=1S/C22H28N6O8S/c1-26(2)7-6-12-8-13(20(31)27(3)4)10-14(9-12)36-19-17(28(34)35)18(24-22(25-19)37-5)23-15(21(32)33)11-16(29)30/h8-10,15H,6-7,11H2,1-5H3,(H,29,30)(H,32,33)(H,23,24,25). The Morgan fingerprint density at radius 3 is 2.35 bits per heavy atom. The number of amides is 1. The van der Waals surface area contributed by atoms with Gasteiger partial charge in [-0.05, 0) is 50.5 Å². The van der Waals surface area contributed by atoms with Gasteiger partial charge in [-0.1, -0.05) is 11.8 Å². The summed E-state index contributed by atoms with van der Waals surface area (Å²) in [5, 5.41) is 32.7. The van der Waals surface area contributed by atoms with E-state index in [4.69, 9.17) is 9.84 Å². The maximum absolute atomic E-state index is 12.7. The molecule has 0 saturated carbocycles. The first-order chi connectivity index (χ1) is 17.3. The summed E-state index contributed by atoms with van der Waals surface area (Å²) in [5.41, 5.74) is 0.251. The van der Waals surface area contributed by atoms with E-state index in [9.17, 15) is 29.6 Å². The lowest BCUT2D eigenvalue weighted by molar-refractivity contribution is -0.385. The second-order valence-electron chi connectivity index (χ2n) is 8.32. The average Bonchev–Trinajstić information content (AvgIpc) is 2.80. The molecule has 200 valence electrons. The summed E-state index contributed by atoms with van der Waals surface area (Å²) in [5.74, 6) is -4.18. The molecular weight excluding hydrogens is 508 g/mol. The van der Waals surface area contributed by atoms with Crippen molar-refractivity contribution in [3.63, 3.8) is 0 Å². The molecule has 0 aliphatic carbocycles. The number of hydrogen-bond donors (Lipinski definition) is 3. The zero-order chi connectivity index (χ0) is 27.9. The van der Waals surface area contributed by atoms with E-state index in [1.165, 1.54) is 11.0 Å². The van der Waals surface area contributed by atoms with E-state index < -0.39 is 46.7 Å². The molecule has 1 unspecified atom stereocenters. The number of likely N-dealkylation sites (N-methyl/N-ethyl adjacent to an activating group) is 1. The summed E-state index contributed by atoms with van der Waals surface area (Å²) in [7, 11) is 6.96. The van der Waals surface area contributed by atoms with Crippen molar-refractivity contribution in [1.82, 2.24) is 19.8 Å². The van der Waals surface area contributed by atoms with Gasteiger partial charge in [-0.15, -0.1) is 0 Å². The van der Waals surface area contributed by atoms with Crippen LogP contribution in [-0.2, 0) is 16.0 Å². The Morgan fingerprint density at radius 2 is 1.84 bits per heavy atom. The Hall–Kier alpha value is -3.98. The maximum Gasteiger partial charge on any atom is 0.373 e. The Morgan fingerprint density at radius 1 is 1.16 bits per heavy atom. The lowest BCUT2D eigenvalue weighted by atomic mass is 10.1. The summed E-state index contributed by atoms with van der Waals surface area (Å²) in [4.78, 5) is 57.8. The van der Waals surface area contributed by atoms with Gasteiger partial charge in [0.25, 0.3) is 5.91 Å². The smallest absolute Gasteiger partial charge is 0.373 e. The third-order valence-electron chi connectivity index (χ3n) is 4.87. The van der Waals surface area contributed by atoms with E-state index in [0.717, 1.165) is 17.3 Å². The SMILES string of the molecule is CSc1nc(NC(CC(=O)O)C(=O)O)c([N+](=O)[O-])c(Oc2cc(CCN(C)C)cc(C(=O)N(C)C)c2)n1. The number of nitrogens with one attached hydrogen (secondary N) is 1. The first kappa shape index (κ1) is 29.3. The number of nitro groups is 1. The van der Waals surface area contributed by atoms with E-state index in [0.29, 0.717) is 18.5 Å². The highest BCUT2D eigenvalue weighted by Crippen LogP contribution is 2.37. The third kappa shape index (κ3) is 8.28. The topological polar surface area (TPSA) is 188 Å². The molecule has 14 nitrogen and oxygen atoms in total. The molecule has 1 aromatic heterocycles. The van der Waals surface area contributed by atoms with Crippen LogP contribution in [0.1, 0.15) is 22.3 Å². The van der Waals surface area contributed by atoms with Crippen LogP contribution in [0.2, 0.25) is 0 Å². The molecule has 2 aromatic rings. The molecule has 0 spiro atoms. The van der Waals surface area contributed by atoms with Crippen LogP contribution in [0.25, 0.3) is 0 Å². The molecule has 3 N–H and O–H groups in total. The summed E-state index contributed by atoms with van der Waals surface area (Å²) in [6.45, 7) is 0.664. The van der Waals surface area contributed by atoms with Gasteiger partial charge < -0.3 is 30.1 Å². The van der Waals surface area contributed by atoms with E-state index in [1.54, 1.807) is 32.5 Å². The van der Waals surface area contributed by atoms with Crippen molar-refractivity contribution >= 4 is 41.1 Å². The van der Waals surface area contributed by atoms with Crippen LogP contribution in [0.4, 0.5) is 11.5 Å². The molecule has 0 bridgehead atoms. The summed E-state index contributed by atoms with van der Waals surface area (Å²) >= 11 is 1.01. The zero-order valence-electron chi connectivity index (χ0n) is 20.9. The van der Waals surface area contributed by atoms with Gasteiger partial charge in [0.05, 0.1) is 11.3 Å². The van der Waals surface area contributed by atoms with Gasteiger partial charge in [0.2, 0.25) is 5.82 Å². The molecule has 1 amide bonds. The van der Waals surface area contributed by atoms with Crippen molar-refractivity contribution in [2.45, 2.75) is 24.0 Å². The number of anilines is 1. The summed E-state index contributed by atoms with van der Waals surface area (Å²) in [6, 6.07) is 3.05. The zero-order valence-corrected chi connectivity index (χ0v) is 21.7. The summed E-state index contributed by atoms with van der Waals surface area (Å²) in [6.07, 6.45) is 1.30. The first-order valence-electron chi connectivity index (χ1n) is 10.8. The second-order valence-corrected chi connectivity index (χ2v) is 9.10. The molecule has 1 heterocycles. The van der Waals surface area contributed by atoms with Gasteiger partial charge in [-0.25, -0.2) is 4.79 Å². The van der Waals surface area contributed by atoms with E-state index in [-0.39, 0.29) is 16.8 Å². The quantitative estimate of drug-likeness (QED) is 0.146. The predicted molar refractivity (Wildman–Crippen MR) is 135 cm³/mol. The third-order valence-corrected chi connectivity index (χ3v) is 5.41. The van der Waals surface area contributed by atoms with E-state index in [2.05, 4.69) is 15.3 Å². The number of benzene rings is 1. The van der Waals surface area contributed by atoms with Crippen molar-refractivity contribution in [3.8, 4) is 11.6 Å². The molecule has 0 fully saturated rings. The number of carboxylic acids is 2. The molecule has 0 aliphatic rings. The highest BCUT2D eigenvalue weighted by atomic mass is 32.2. The maximum atomic E-state index is 12.7. The molecule has 1 atom stereocenters. The molecule has 37 heavy (non-hydrogen) atoms.